The lowest BCUT2D eigenvalue weighted by Crippen LogP contribution is -2.58. The number of hydrogen-bond donors (Lipinski definition) is 4. The number of amides is 5. The van der Waals surface area contributed by atoms with E-state index in [1.165, 1.54) is 4.90 Å². The zero-order valence-corrected chi connectivity index (χ0v) is 32.3. The van der Waals surface area contributed by atoms with Crippen molar-refractivity contribution in [2.24, 2.45) is 11.3 Å². The van der Waals surface area contributed by atoms with Crippen molar-refractivity contribution in [2.45, 2.75) is 123 Å². The maximum atomic E-state index is 14.2. The van der Waals surface area contributed by atoms with Crippen molar-refractivity contribution in [1.82, 2.24) is 31.1 Å². The number of ketones is 1. The van der Waals surface area contributed by atoms with Crippen molar-refractivity contribution in [2.75, 3.05) is 27.2 Å². The summed E-state index contributed by atoms with van der Waals surface area (Å²) < 4.78 is 6.10. The van der Waals surface area contributed by atoms with Crippen molar-refractivity contribution >= 4 is 35.3 Å². The first-order chi connectivity index (χ1) is 24.4. The van der Waals surface area contributed by atoms with E-state index in [1.807, 2.05) is 34.6 Å². The summed E-state index contributed by atoms with van der Waals surface area (Å²) in [5, 5.41) is 11.0. The zero-order chi connectivity index (χ0) is 38.8. The van der Waals surface area contributed by atoms with Crippen LogP contribution in [0, 0.1) is 11.3 Å². The van der Waals surface area contributed by atoms with Gasteiger partial charge in [0.2, 0.25) is 29.4 Å². The molecule has 13 nitrogen and oxygen atoms in total. The monoisotopic (exact) mass is 724 g/mol. The molecule has 4 N–H and O–H groups in total. The van der Waals surface area contributed by atoms with Crippen molar-refractivity contribution in [3.8, 4) is 0 Å². The van der Waals surface area contributed by atoms with Crippen LogP contribution in [0.3, 0.4) is 0 Å². The van der Waals surface area contributed by atoms with Gasteiger partial charge in [0.05, 0.1) is 12.6 Å². The van der Waals surface area contributed by atoms with Crippen LogP contribution in [0.1, 0.15) is 105 Å². The van der Waals surface area contributed by atoms with Crippen LogP contribution in [0.25, 0.3) is 0 Å². The summed E-state index contributed by atoms with van der Waals surface area (Å²) in [5.74, 6) is -3.22. The Hall–Kier alpha value is -4.42. The molecule has 288 valence electrons. The summed E-state index contributed by atoms with van der Waals surface area (Å²) in [6, 6.07) is 5.04. The molecule has 1 aliphatic carbocycles. The molecule has 1 saturated heterocycles. The van der Waals surface area contributed by atoms with E-state index in [9.17, 15) is 28.8 Å². The molecule has 1 heterocycles. The Morgan fingerprint density at radius 1 is 0.962 bits per heavy atom. The van der Waals surface area contributed by atoms with Crippen LogP contribution in [0.2, 0.25) is 0 Å². The molecule has 1 aliphatic heterocycles. The number of ether oxygens (including phenoxy) is 1. The van der Waals surface area contributed by atoms with Gasteiger partial charge in [-0.15, -0.1) is 0 Å². The van der Waals surface area contributed by atoms with Gasteiger partial charge in [0.1, 0.15) is 23.7 Å². The van der Waals surface area contributed by atoms with Crippen LogP contribution >= 0.6 is 0 Å². The van der Waals surface area contributed by atoms with Gasteiger partial charge in [0.15, 0.2) is 5.88 Å². The predicted octanol–water partition coefficient (Wildman–Crippen LogP) is 3.35. The third-order valence-electron chi connectivity index (χ3n) is 9.99. The maximum absolute atomic E-state index is 14.2. The van der Waals surface area contributed by atoms with Crippen molar-refractivity contribution in [3.05, 3.63) is 48.4 Å². The average Bonchev–Trinajstić information content (AvgIpc) is 3.77. The summed E-state index contributed by atoms with van der Waals surface area (Å²) in [6.45, 7) is 15.8. The van der Waals surface area contributed by atoms with Gasteiger partial charge in [-0.05, 0) is 69.4 Å². The summed E-state index contributed by atoms with van der Waals surface area (Å²) in [4.78, 5) is 83.1. The molecule has 0 aromatic heterocycles. The first-order valence-electron chi connectivity index (χ1n) is 18.5. The van der Waals surface area contributed by atoms with Gasteiger partial charge in [-0.25, -0.2) is 0 Å². The average molecular weight is 725 g/mol. The maximum Gasteiger partial charge on any atom is 0.290 e. The van der Waals surface area contributed by atoms with E-state index in [1.54, 1.807) is 49.3 Å². The van der Waals surface area contributed by atoms with E-state index in [0.29, 0.717) is 31.4 Å². The minimum atomic E-state index is -1.12. The van der Waals surface area contributed by atoms with Gasteiger partial charge in [-0.2, -0.15) is 0 Å². The molecule has 52 heavy (non-hydrogen) atoms. The van der Waals surface area contributed by atoms with E-state index in [-0.39, 0.29) is 30.0 Å². The summed E-state index contributed by atoms with van der Waals surface area (Å²) in [5.41, 5.74) is -0.427. The highest BCUT2D eigenvalue weighted by atomic mass is 16.5. The SMILES string of the molecule is C=C(NC(C(=O)N1CCCC1C(=O)NC(CC1CC1)C(=O)C(=O)NCC(=O)NC(C(=O)N(C)C)c1ccccc1)C(C)(C)CC)OC(C)(C)CCC. The Morgan fingerprint density at radius 2 is 1.62 bits per heavy atom. The van der Waals surface area contributed by atoms with E-state index in [2.05, 4.69) is 34.8 Å². The molecule has 13 heteroatoms. The highest BCUT2D eigenvalue weighted by Gasteiger charge is 2.44. The smallest absolute Gasteiger partial charge is 0.290 e. The molecule has 4 atom stereocenters. The van der Waals surface area contributed by atoms with Crippen LogP contribution in [-0.4, -0.2) is 96.0 Å². The molecule has 5 amide bonds. The highest BCUT2D eigenvalue weighted by molar-refractivity contribution is 6.38. The van der Waals surface area contributed by atoms with E-state index < -0.39 is 65.2 Å². The molecule has 4 unspecified atom stereocenters. The molecule has 2 fully saturated rings. The van der Waals surface area contributed by atoms with Gasteiger partial charge in [0, 0.05) is 20.6 Å². The number of nitrogens with zero attached hydrogens (tertiary/aromatic N) is 2. The summed E-state index contributed by atoms with van der Waals surface area (Å²) in [6.07, 6.45) is 5.41. The molecule has 0 radical (unpaired) electrons. The topological polar surface area (TPSA) is 166 Å². The van der Waals surface area contributed by atoms with E-state index in [0.717, 1.165) is 25.7 Å². The Balaban J connectivity index is 1.68. The van der Waals surface area contributed by atoms with E-state index in [4.69, 9.17) is 4.74 Å². The molecule has 2 aliphatic rings. The zero-order valence-electron chi connectivity index (χ0n) is 32.3. The fraction of sp³-hybridized carbons (Fsp3) is 0.641. The highest BCUT2D eigenvalue weighted by Crippen LogP contribution is 2.34. The summed E-state index contributed by atoms with van der Waals surface area (Å²) >= 11 is 0. The third-order valence-corrected chi connectivity index (χ3v) is 9.99. The third kappa shape index (κ3) is 11.8. The Labute approximate surface area is 309 Å². The molecule has 0 spiro atoms. The number of rotatable bonds is 20. The first kappa shape index (κ1) is 42.0. The molecule has 1 saturated carbocycles. The number of likely N-dealkylation sites (tertiary alicyclic amines) is 1. The standard InChI is InChI=1S/C39H60N6O7/c1-10-21-39(6,7)52-25(3)41-33(38(4,5)11-2)37(51)45-22-15-18-29(45)34(48)42-28(23-26-19-20-26)32(47)35(49)40-24-30(46)43-31(36(50)44(8)9)27-16-13-12-14-17-27/h12-14,16-17,26,28-29,31,33,41H,3,10-11,15,18-24H2,1-2,4-9H3,(H,40,49)(H,42,48)(H,43,46). The van der Waals surface area contributed by atoms with Gasteiger partial charge >= 0.3 is 0 Å². The van der Waals surface area contributed by atoms with Crippen LogP contribution in [0.4, 0.5) is 0 Å². The molecule has 1 aromatic carbocycles. The second-order valence-electron chi connectivity index (χ2n) is 15.6. The number of likely N-dealkylation sites (N-methyl/N-ethyl adjacent to an activating group) is 1. The van der Waals surface area contributed by atoms with Crippen LogP contribution < -0.4 is 21.3 Å². The predicted molar refractivity (Wildman–Crippen MR) is 198 cm³/mol. The van der Waals surface area contributed by atoms with Gasteiger partial charge in [0.25, 0.3) is 5.91 Å². The quantitative estimate of drug-likeness (QED) is 0.117. The lowest BCUT2D eigenvalue weighted by molar-refractivity contribution is -0.144. The van der Waals surface area contributed by atoms with Crippen LogP contribution in [0.15, 0.2) is 42.8 Å². The molecule has 0 bridgehead atoms. The first-order valence-corrected chi connectivity index (χ1v) is 18.5. The van der Waals surface area contributed by atoms with Gasteiger partial charge < -0.3 is 35.8 Å². The molecular weight excluding hydrogens is 664 g/mol. The Morgan fingerprint density at radius 3 is 2.19 bits per heavy atom. The van der Waals surface area contributed by atoms with Crippen molar-refractivity contribution in [1.29, 1.82) is 0 Å². The van der Waals surface area contributed by atoms with Crippen molar-refractivity contribution < 1.29 is 33.5 Å². The molecule has 3 rings (SSSR count). The number of carbonyl (C=O) groups is 6. The minimum absolute atomic E-state index is 0.178. The Bertz CT molecular complexity index is 1460. The van der Waals surface area contributed by atoms with Crippen LogP contribution in [0.5, 0.6) is 0 Å². The van der Waals surface area contributed by atoms with Crippen molar-refractivity contribution in [3.63, 3.8) is 0 Å². The fourth-order valence-corrected chi connectivity index (χ4v) is 6.44. The molecule has 1 aromatic rings. The van der Waals surface area contributed by atoms with Gasteiger partial charge in [-0.1, -0.05) is 77.3 Å². The number of carbonyl (C=O) groups excluding carboxylic acids is 6. The second-order valence-corrected chi connectivity index (χ2v) is 15.6. The van der Waals surface area contributed by atoms with Crippen LogP contribution in [-0.2, 0) is 33.5 Å². The normalized spacial score (nSPS) is 17.6. The number of hydrogen-bond acceptors (Lipinski definition) is 8. The van der Waals surface area contributed by atoms with Gasteiger partial charge in [-0.3, -0.25) is 28.8 Å². The summed E-state index contributed by atoms with van der Waals surface area (Å²) in [7, 11) is 3.15. The minimum Gasteiger partial charge on any atom is -0.474 e. The second kappa shape index (κ2) is 18.4. The number of benzene rings is 1. The van der Waals surface area contributed by atoms with E-state index >= 15 is 0 Å². The Kier molecular flexibility index (Phi) is 14.8. The number of nitrogens with one attached hydrogen (secondary N) is 4. The largest absolute Gasteiger partial charge is 0.474 e. The number of Topliss-reactive ketones (excluding diaryl/α,β-unsaturated/α-hetero) is 1. The lowest BCUT2D eigenvalue weighted by atomic mass is 9.81. The lowest BCUT2D eigenvalue weighted by Gasteiger charge is -2.39. The fourth-order valence-electron chi connectivity index (χ4n) is 6.44. The molecular formula is C39H60N6O7.